The van der Waals surface area contributed by atoms with Gasteiger partial charge in [-0.1, -0.05) is 12.1 Å². The second-order valence-electron chi connectivity index (χ2n) is 8.59. The number of nitrogens with zero attached hydrogens (tertiary/aromatic N) is 1. The lowest BCUT2D eigenvalue weighted by Gasteiger charge is -2.34. The molecule has 2 aromatic carbocycles. The van der Waals surface area contributed by atoms with Crippen LogP contribution in [-0.4, -0.2) is 29.7 Å². The Morgan fingerprint density at radius 2 is 1.77 bits per heavy atom. The summed E-state index contributed by atoms with van der Waals surface area (Å²) in [5, 5.41) is 3.15. The molecule has 0 saturated carbocycles. The highest BCUT2D eigenvalue weighted by Gasteiger charge is 2.30. The topological polar surface area (TPSA) is 41.6 Å². The summed E-state index contributed by atoms with van der Waals surface area (Å²) in [6.07, 6.45) is -2.80. The monoisotopic (exact) mass is 420 g/mol. The van der Waals surface area contributed by atoms with E-state index in [1.807, 2.05) is 45.0 Å². The van der Waals surface area contributed by atoms with Crippen molar-refractivity contribution in [2.24, 2.45) is 0 Å². The second kappa shape index (κ2) is 8.58. The number of carbonyl (C=O) groups excluding carboxylic acids is 1. The van der Waals surface area contributed by atoms with E-state index in [1.165, 1.54) is 12.1 Å². The van der Waals surface area contributed by atoms with Gasteiger partial charge in [-0.05, 0) is 75.6 Å². The number of rotatable bonds is 3. The largest absolute Gasteiger partial charge is 0.444 e. The predicted molar refractivity (Wildman–Crippen MR) is 111 cm³/mol. The lowest BCUT2D eigenvalue weighted by molar-refractivity contribution is -0.137. The van der Waals surface area contributed by atoms with Gasteiger partial charge in [-0.25, -0.2) is 4.79 Å². The van der Waals surface area contributed by atoms with Crippen molar-refractivity contribution in [3.63, 3.8) is 0 Å². The van der Waals surface area contributed by atoms with E-state index in [4.69, 9.17) is 4.74 Å². The third-order valence-electron chi connectivity index (χ3n) is 4.93. The minimum Gasteiger partial charge on any atom is -0.444 e. The van der Waals surface area contributed by atoms with Gasteiger partial charge in [-0.2, -0.15) is 13.2 Å². The number of amides is 1. The maximum atomic E-state index is 12.7. The van der Waals surface area contributed by atoms with E-state index in [9.17, 15) is 18.0 Å². The molecule has 1 N–H and O–H groups in total. The van der Waals surface area contributed by atoms with E-state index in [0.717, 1.165) is 36.2 Å². The maximum absolute atomic E-state index is 12.7. The molecule has 1 atom stereocenters. The van der Waals surface area contributed by atoms with Crippen LogP contribution >= 0.6 is 0 Å². The summed E-state index contributed by atoms with van der Waals surface area (Å²) in [7, 11) is 0. The highest BCUT2D eigenvalue weighted by atomic mass is 19.4. The third-order valence-corrected chi connectivity index (χ3v) is 4.93. The summed E-state index contributed by atoms with van der Waals surface area (Å²) in [6, 6.07) is 12.7. The fraction of sp³-hybridized carbons (Fsp3) is 0.435. The van der Waals surface area contributed by atoms with Gasteiger partial charge in [0.25, 0.3) is 0 Å². The highest BCUT2D eigenvalue weighted by Crippen LogP contribution is 2.32. The Morgan fingerprint density at radius 3 is 2.40 bits per heavy atom. The number of halogens is 3. The van der Waals surface area contributed by atoms with Crippen LogP contribution in [0.4, 0.5) is 29.3 Å². The summed E-state index contributed by atoms with van der Waals surface area (Å²) in [4.78, 5) is 14.2. The molecule has 0 spiro atoms. The minimum atomic E-state index is -4.35. The van der Waals surface area contributed by atoms with Crippen molar-refractivity contribution < 1.29 is 22.7 Å². The summed E-state index contributed by atoms with van der Waals surface area (Å²) in [5.41, 5.74) is 1.25. The Hall–Kier alpha value is -2.70. The first-order valence-corrected chi connectivity index (χ1v) is 10.0. The Labute approximate surface area is 175 Å². The van der Waals surface area contributed by atoms with Gasteiger partial charge in [0.1, 0.15) is 5.60 Å². The first-order chi connectivity index (χ1) is 14.0. The van der Waals surface area contributed by atoms with Crippen LogP contribution in [-0.2, 0) is 10.9 Å². The molecule has 0 aromatic heterocycles. The van der Waals surface area contributed by atoms with Gasteiger partial charge in [0, 0.05) is 30.4 Å². The van der Waals surface area contributed by atoms with Crippen molar-refractivity contribution in [1.29, 1.82) is 0 Å². The zero-order chi connectivity index (χ0) is 21.9. The molecular weight excluding hydrogens is 393 g/mol. The van der Waals surface area contributed by atoms with Gasteiger partial charge in [0.15, 0.2) is 0 Å². The molecule has 1 saturated heterocycles. The number of carbonyl (C=O) groups is 1. The van der Waals surface area contributed by atoms with Crippen LogP contribution in [0.2, 0.25) is 0 Å². The van der Waals surface area contributed by atoms with Gasteiger partial charge in [-0.15, -0.1) is 0 Å². The van der Waals surface area contributed by atoms with Crippen LogP contribution in [0.5, 0.6) is 0 Å². The van der Waals surface area contributed by atoms with Gasteiger partial charge in [0.05, 0.1) is 5.56 Å². The number of anilines is 2. The zero-order valence-corrected chi connectivity index (χ0v) is 17.4. The predicted octanol–water partition coefficient (Wildman–Crippen LogP) is 6.56. The Bertz CT molecular complexity index is 873. The smallest absolute Gasteiger partial charge is 0.416 e. The molecule has 0 aliphatic carbocycles. The van der Waals surface area contributed by atoms with E-state index >= 15 is 0 Å². The van der Waals surface area contributed by atoms with E-state index in [0.29, 0.717) is 18.8 Å². The van der Waals surface area contributed by atoms with Gasteiger partial charge in [-0.3, -0.25) is 0 Å². The summed E-state index contributed by atoms with van der Waals surface area (Å²) in [6.45, 7) is 6.81. The normalized spacial score (nSPS) is 17.5. The van der Waals surface area contributed by atoms with Gasteiger partial charge >= 0.3 is 12.3 Å². The molecule has 2 aromatic rings. The molecule has 1 aliphatic heterocycles. The molecule has 30 heavy (non-hydrogen) atoms. The second-order valence-corrected chi connectivity index (χ2v) is 8.59. The molecule has 1 amide bonds. The quantitative estimate of drug-likeness (QED) is 0.611. The van der Waals surface area contributed by atoms with Crippen LogP contribution in [0.25, 0.3) is 0 Å². The van der Waals surface area contributed by atoms with Crippen molar-refractivity contribution in [3.05, 3.63) is 59.7 Å². The molecule has 1 aliphatic rings. The Balaban J connectivity index is 1.68. The number of alkyl halides is 3. The van der Waals surface area contributed by atoms with Crippen LogP contribution < -0.4 is 5.32 Å². The Kier molecular flexibility index (Phi) is 6.29. The zero-order valence-electron chi connectivity index (χ0n) is 17.4. The average molecular weight is 420 g/mol. The van der Waals surface area contributed by atoms with Gasteiger partial charge in [0.2, 0.25) is 0 Å². The molecule has 162 valence electrons. The number of nitrogens with one attached hydrogen (secondary N) is 1. The highest BCUT2D eigenvalue weighted by molar-refractivity contribution is 5.68. The third kappa shape index (κ3) is 5.90. The number of hydrogen-bond acceptors (Lipinski definition) is 3. The molecule has 4 nitrogen and oxygen atoms in total. The first kappa shape index (κ1) is 22.0. The number of hydrogen-bond donors (Lipinski definition) is 1. The van der Waals surface area contributed by atoms with Crippen molar-refractivity contribution in [1.82, 2.24) is 4.90 Å². The average Bonchev–Trinajstić information content (AvgIpc) is 2.67. The molecule has 1 fully saturated rings. The molecule has 0 bridgehead atoms. The lowest BCUT2D eigenvalue weighted by atomic mass is 9.90. The number of ether oxygens (including phenoxy) is 1. The van der Waals surface area contributed by atoms with Gasteiger partial charge < -0.3 is 15.0 Å². The van der Waals surface area contributed by atoms with Crippen LogP contribution in [0.1, 0.15) is 50.7 Å². The van der Waals surface area contributed by atoms with Crippen molar-refractivity contribution >= 4 is 17.5 Å². The molecule has 0 radical (unpaired) electrons. The lowest BCUT2D eigenvalue weighted by Crippen LogP contribution is -2.42. The minimum absolute atomic E-state index is 0.181. The van der Waals surface area contributed by atoms with E-state index in [-0.39, 0.29) is 12.0 Å². The van der Waals surface area contributed by atoms with Crippen molar-refractivity contribution in [2.45, 2.75) is 51.3 Å². The fourth-order valence-corrected chi connectivity index (χ4v) is 3.52. The molecular formula is C23H27F3N2O2. The summed E-state index contributed by atoms with van der Waals surface area (Å²) < 4.78 is 43.7. The van der Waals surface area contributed by atoms with E-state index in [2.05, 4.69) is 5.32 Å². The van der Waals surface area contributed by atoms with E-state index < -0.39 is 17.3 Å². The molecule has 3 rings (SSSR count). The van der Waals surface area contributed by atoms with E-state index in [1.54, 1.807) is 4.90 Å². The standard InChI is InChI=1S/C23H27F3N2O2/c1-22(2,3)30-21(29)28-13-5-7-17(15-28)16-6-4-8-20(14-16)27-19-11-9-18(10-12-19)23(24,25)26/h4,6,8-12,14,17,27H,5,7,13,15H2,1-3H3. The SMILES string of the molecule is CC(C)(C)OC(=O)N1CCCC(c2cccc(Nc3ccc(C(F)(F)F)cc3)c2)C1. The van der Waals surface area contributed by atoms with Crippen LogP contribution in [0.3, 0.4) is 0 Å². The maximum Gasteiger partial charge on any atom is 0.416 e. The Morgan fingerprint density at radius 1 is 1.07 bits per heavy atom. The van der Waals surface area contributed by atoms with Crippen LogP contribution in [0.15, 0.2) is 48.5 Å². The first-order valence-electron chi connectivity index (χ1n) is 10.0. The van der Waals surface area contributed by atoms with Crippen molar-refractivity contribution in [3.8, 4) is 0 Å². The number of likely N-dealkylation sites (tertiary alicyclic amines) is 1. The fourth-order valence-electron chi connectivity index (χ4n) is 3.52. The number of piperidine rings is 1. The summed E-state index contributed by atoms with van der Waals surface area (Å²) in [5.74, 6) is 0.181. The van der Waals surface area contributed by atoms with Crippen LogP contribution in [0, 0.1) is 0 Å². The van der Waals surface area contributed by atoms with Crippen molar-refractivity contribution in [2.75, 3.05) is 18.4 Å². The molecule has 7 heteroatoms. The molecule has 1 unspecified atom stereocenters. The summed E-state index contributed by atoms with van der Waals surface area (Å²) >= 11 is 0. The molecule has 1 heterocycles. The number of benzene rings is 2.